The van der Waals surface area contributed by atoms with Gasteiger partial charge in [-0.2, -0.15) is 4.39 Å². The summed E-state index contributed by atoms with van der Waals surface area (Å²) in [6.07, 6.45) is 4.13. The molecular formula is C23H30FN3O3. The number of ether oxygens (including phenoxy) is 3. The molecule has 0 amide bonds. The van der Waals surface area contributed by atoms with Gasteiger partial charge in [-0.15, -0.1) is 0 Å². The Kier molecular flexibility index (Phi) is 7.26. The molecule has 0 bridgehead atoms. The van der Waals surface area contributed by atoms with Gasteiger partial charge >= 0.3 is 0 Å². The molecule has 7 heteroatoms. The van der Waals surface area contributed by atoms with Gasteiger partial charge in [-0.3, -0.25) is 0 Å². The van der Waals surface area contributed by atoms with E-state index >= 15 is 0 Å². The van der Waals surface area contributed by atoms with Gasteiger partial charge in [0.2, 0.25) is 5.95 Å². The van der Waals surface area contributed by atoms with Crippen LogP contribution in [0, 0.1) is 5.95 Å². The zero-order valence-corrected chi connectivity index (χ0v) is 18.0. The molecule has 0 saturated heterocycles. The Morgan fingerprint density at radius 1 is 1.33 bits per heavy atom. The maximum atomic E-state index is 14.2. The average molecular weight is 416 g/mol. The van der Waals surface area contributed by atoms with Crippen molar-refractivity contribution >= 4 is 6.02 Å². The Hall–Kier alpha value is -2.67. The van der Waals surface area contributed by atoms with Gasteiger partial charge in [-0.25, -0.2) is 9.98 Å². The molecule has 2 N–H and O–H groups in total. The van der Waals surface area contributed by atoms with Crippen molar-refractivity contribution in [3.8, 4) is 16.9 Å². The molecule has 0 radical (unpaired) electrons. The number of rotatable bonds is 7. The normalized spacial score (nSPS) is 19.9. The van der Waals surface area contributed by atoms with Crippen LogP contribution in [0.3, 0.4) is 0 Å². The first kappa shape index (κ1) is 22.0. The molecule has 2 heterocycles. The minimum absolute atomic E-state index is 0.0184. The number of aromatic nitrogens is 1. The second kappa shape index (κ2) is 9.89. The summed E-state index contributed by atoms with van der Waals surface area (Å²) in [6, 6.07) is 8.89. The summed E-state index contributed by atoms with van der Waals surface area (Å²) < 4.78 is 31.3. The van der Waals surface area contributed by atoms with Gasteiger partial charge in [0.05, 0.1) is 25.4 Å². The third-order valence-electron chi connectivity index (χ3n) is 5.11. The number of nitrogens with two attached hydrogens (primary N) is 1. The number of pyridine rings is 1. The van der Waals surface area contributed by atoms with Crippen LogP contribution in [0.15, 0.2) is 41.5 Å². The summed E-state index contributed by atoms with van der Waals surface area (Å²) in [4.78, 5) is 8.27. The Morgan fingerprint density at radius 2 is 2.13 bits per heavy atom. The predicted molar refractivity (Wildman–Crippen MR) is 115 cm³/mol. The van der Waals surface area contributed by atoms with Crippen molar-refractivity contribution in [3.05, 3.63) is 48.0 Å². The second-order valence-corrected chi connectivity index (χ2v) is 7.83. The fourth-order valence-electron chi connectivity index (χ4n) is 3.75. The minimum Gasteiger partial charge on any atom is -0.490 e. The fraction of sp³-hybridized carbons (Fsp3) is 0.478. The van der Waals surface area contributed by atoms with Gasteiger partial charge in [0.15, 0.2) is 0 Å². The lowest BCUT2D eigenvalue weighted by molar-refractivity contribution is 0.00592. The first-order valence-corrected chi connectivity index (χ1v) is 10.3. The molecule has 3 rings (SSSR count). The highest BCUT2D eigenvalue weighted by Gasteiger charge is 2.29. The van der Waals surface area contributed by atoms with Crippen LogP contribution in [0.25, 0.3) is 11.1 Å². The SMILES string of the molecule is COC(N)=N[C@@H]1C[C@H](CC[C@H](C)OC(C)C)Oc2ccc(-c3cccnc3F)cc21. The molecule has 0 unspecified atom stereocenters. The third kappa shape index (κ3) is 5.48. The topological polar surface area (TPSA) is 79.0 Å². The average Bonchev–Trinajstić information content (AvgIpc) is 2.72. The van der Waals surface area contributed by atoms with Crippen molar-refractivity contribution in [2.75, 3.05) is 7.11 Å². The zero-order valence-electron chi connectivity index (χ0n) is 18.0. The van der Waals surface area contributed by atoms with E-state index in [2.05, 4.69) is 16.9 Å². The number of aliphatic imine (C=N–C) groups is 1. The van der Waals surface area contributed by atoms with Gasteiger partial charge in [-0.1, -0.05) is 6.07 Å². The standard InChI is InChI=1S/C23H30FN3O3/c1-14(2)29-15(3)7-9-17-13-20(27-23(25)28-4)19-12-16(8-10-21(19)30-17)18-6-5-11-26-22(18)24/h5-6,8,10-12,14-15,17,20H,7,9,13H2,1-4H3,(H2,25,27)/t15-,17-,20+/m0/s1. The van der Waals surface area contributed by atoms with Crippen molar-refractivity contribution < 1.29 is 18.6 Å². The number of hydrogen-bond donors (Lipinski definition) is 1. The highest BCUT2D eigenvalue weighted by molar-refractivity contribution is 5.72. The lowest BCUT2D eigenvalue weighted by atomic mass is 9.92. The predicted octanol–water partition coefficient (Wildman–Crippen LogP) is 4.63. The number of amidine groups is 1. The highest BCUT2D eigenvalue weighted by atomic mass is 19.1. The van der Waals surface area contributed by atoms with Crippen LogP contribution in [0.1, 0.15) is 51.6 Å². The minimum atomic E-state index is -0.511. The Morgan fingerprint density at radius 3 is 2.83 bits per heavy atom. The van der Waals surface area contributed by atoms with Gasteiger partial charge in [0.25, 0.3) is 6.02 Å². The summed E-state index contributed by atoms with van der Waals surface area (Å²) in [5, 5.41) is 0. The van der Waals surface area contributed by atoms with E-state index in [9.17, 15) is 4.39 Å². The maximum Gasteiger partial charge on any atom is 0.282 e. The Balaban J connectivity index is 1.85. The number of hydrogen-bond acceptors (Lipinski definition) is 5. The maximum absolute atomic E-state index is 14.2. The zero-order chi connectivity index (χ0) is 21.7. The van der Waals surface area contributed by atoms with Crippen molar-refractivity contribution in [1.82, 2.24) is 4.98 Å². The number of benzene rings is 1. The fourth-order valence-corrected chi connectivity index (χ4v) is 3.75. The summed E-state index contributed by atoms with van der Waals surface area (Å²) in [6.45, 7) is 6.14. The molecule has 1 aliphatic heterocycles. The van der Waals surface area contributed by atoms with E-state index in [1.807, 2.05) is 32.0 Å². The van der Waals surface area contributed by atoms with Gasteiger partial charge in [-0.05, 0) is 63.4 Å². The summed E-state index contributed by atoms with van der Waals surface area (Å²) >= 11 is 0. The van der Waals surface area contributed by atoms with Crippen LogP contribution in [-0.2, 0) is 9.47 Å². The van der Waals surface area contributed by atoms with E-state index in [1.165, 1.54) is 13.3 Å². The van der Waals surface area contributed by atoms with E-state index in [-0.39, 0.29) is 30.4 Å². The molecule has 0 fully saturated rings. The van der Waals surface area contributed by atoms with Gasteiger partial charge in [0, 0.05) is 23.7 Å². The van der Waals surface area contributed by atoms with Gasteiger partial charge in [0.1, 0.15) is 11.9 Å². The molecule has 0 spiro atoms. The van der Waals surface area contributed by atoms with Crippen LogP contribution in [0.2, 0.25) is 0 Å². The molecule has 1 aromatic heterocycles. The molecule has 1 aliphatic rings. The van der Waals surface area contributed by atoms with Crippen LogP contribution < -0.4 is 10.5 Å². The first-order valence-electron chi connectivity index (χ1n) is 10.3. The van der Waals surface area contributed by atoms with E-state index in [4.69, 9.17) is 19.9 Å². The summed E-state index contributed by atoms with van der Waals surface area (Å²) in [5.74, 6) is 0.219. The Bertz CT molecular complexity index is 888. The van der Waals surface area contributed by atoms with Crippen molar-refractivity contribution in [1.29, 1.82) is 0 Å². The Labute approximate surface area is 177 Å². The van der Waals surface area contributed by atoms with Crippen LogP contribution in [-0.4, -0.2) is 36.4 Å². The van der Waals surface area contributed by atoms with E-state index < -0.39 is 5.95 Å². The molecule has 3 atom stereocenters. The van der Waals surface area contributed by atoms with Crippen LogP contribution in [0.5, 0.6) is 5.75 Å². The lowest BCUT2D eigenvalue weighted by Crippen LogP contribution is -2.28. The van der Waals surface area contributed by atoms with Crippen LogP contribution >= 0.6 is 0 Å². The van der Waals surface area contributed by atoms with E-state index in [1.54, 1.807) is 12.1 Å². The summed E-state index contributed by atoms with van der Waals surface area (Å²) in [7, 11) is 1.49. The molecule has 162 valence electrons. The summed E-state index contributed by atoms with van der Waals surface area (Å²) in [5.41, 5.74) is 7.87. The lowest BCUT2D eigenvalue weighted by Gasteiger charge is -2.31. The van der Waals surface area contributed by atoms with E-state index in [0.29, 0.717) is 12.0 Å². The van der Waals surface area contributed by atoms with Gasteiger partial charge < -0.3 is 19.9 Å². The molecule has 1 aromatic carbocycles. The molecule has 30 heavy (non-hydrogen) atoms. The number of methoxy groups -OCH3 is 1. The largest absolute Gasteiger partial charge is 0.490 e. The van der Waals surface area contributed by atoms with Crippen molar-refractivity contribution in [2.45, 2.75) is 64.4 Å². The third-order valence-corrected chi connectivity index (χ3v) is 5.11. The highest BCUT2D eigenvalue weighted by Crippen LogP contribution is 2.41. The molecule has 0 aliphatic carbocycles. The molecular weight excluding hydrogens is 385 g/mol. The number of halogens is 1. The monoisotopic (exact) mass is 415 g/mol. The number of fused-ring (bicyclic) bond motifs is 1. The van der Waals surface area contributed by atoms with Crippen LogP contribution in [0.4, 0.5) is 4.39 Å². The number of nitrogens with zero attached hydrogens (tertiary/aromatic N) is 2. The van der Waals surface area contributed by atoms with Crippen molar-refractivity contribution in [3.63, 3.8) is 0 Å². The molecule has 2 aromatic rings. The van der Waals surface area contributed by atoms with Crippen molar-refractivity contribution in [2.24, 2.45) is 10.7 Å². The smallest absolute Gasteiger partial charge is 0.282 e. The van der Waals surface area contributed by atoms with E-state index in [0.717, 1.165) is 29.7 Å². The second-order valence-electron chi connectivity index (χ2n) is 7.83. The molecule has 0 saturated carbocycles. The quantitative estimate of drug-likeness (QED) is 0.405. The first-order chi connectivity index (χ1) is 14.4. The molecule has 6 nitrogen and oxygen atoms in total.